The van der Waals surface area contributed by atoms with Crippen LogP contribution < -0.4 is 4.74 Å². The number of carbonyl (C=O) groups is 1. The molecule has 0 saturated heterocycles. The SMILES string of the molecule is COC(=O)c1cc(OC)c2oc(=S)[nH]c2c1. The summed E-state index contributed by atoms with van der Waals surface area (Å²) in [5.74, 6) is -0.00836. The Kier molecular flexibility index (Phi) is 2.66. The minimum Gasteiger partial charge on any atom is -0.493 e. The topological polar surface area (TPSA) is 64.5 Å². The number of aromatic amines is 1. The van der Waals surface area contributed by atoms with Crippen molar-refractivity contribution in [1.29, 1.82) is 0 Å². The molecule has 0 atom stereocenters. The molecule has 1 aromatic carbocycles. The van der Waals surface area contributed by atoms with Crippen molar-refractivity contribution in [3.8, 4) is 5.75 Å². The van der Waals surface area contributed by atoms with Crippen molar-refractivity contribution in [3.63, 3.8) is 0 Å². The van der Waals surface area contributed by atoms with Gasteiger partial charge in [-0.2, -0.15) is 0 Å². The number of oxazole rings is 1. The van der Waals surface area contributed by atoms with Gasteiger partial charge in [0, 0.05) is 0 Å². The Balaban J connectivity index is 2.72. The van der Waals surface area contributed by atoms with Crippen LogP contribution in [0.2, 0.25) is 0 Å². The van der Waals surface area contributed by atoms with Crippen molar-refractivity contribution in [1.82, 2.24) is 4.98 Å². The van der Waals surface area contributed by atoms with Crippen molar-refractivity contribution in [2.75, 3.05) is 14.2 Å². The van der Waals surface area contributed by atoms with E-state index in [1.807, 2.05) is 0 Å². The number of benzene rings is 1. The summed E-state index contributed by atoms with van der Waals surface area (Å²) in [6, 6.07) is 3.14. The normalized spacial score (nSPS) is 10.4. The Bertz CT molecular complexity index is 598. The van der Waals surface area contributed by atoms with Gasteiger partial charge in [-0.15, -0.1) is 0 Å². The van der Waals surface area contributed by atoms with Crippen molar-refractivity contribution in [2.24, 2.45) is 0 Å². The van der Waals surface area contributed by atoms with Gasteiger partial charge in [0.05, 0.1) is 25.3 Å². The van der Waals surface area contributed by atoms with Crippen molar-refractivity contribution in [2.45, 2.75) is 0 Å². The third-order valence-electron chi connectivity index (χ3n) is 2.13. The standard InChI is InChI=1S/C10H9NO4S/c1-13-7-4-5(9(12)14-2)3-6-8(7)15-10(16)11-6/h3-4H,1-2H3,(H,11,16). The Morgan fingerprint density at radius 1 is 1.44 bits per heavy atom. The van der Waals surface area contributed by atoms with Crippen LogP contribution in [-0.4, -0.2) is 25.2 Å². The van der Waals surface area contributed by atoms with Crippen LogP contribution >= 0.6 is 12.2 Å². The zero-order chi connectivity index (χ0) is 11.7. The van der Waals surface area contributed by atoms with E-state index in [-0.39, 0.29) is 4.84 Å². The second-order valence-corrected chi connectivity index (χ2v) is 3.43. The van der Waals surface area contributed by atoms with E-state index in [9.17, 15) is 4.79 Å². The molecule has 0 fully saturated rings. The fraction of sp³-hybridized carbons (Fsp3) is 0.200. The molecule has 1 heterocycles. The highest BCUT2D eigenvalue weighted by molar-refractivity contribution is 7.71. The van der Waals surface area contributed by atoms with Crippen molar-refractivity contribution >= 4 is 29.3 Å². The molecular weight excluding hydrogens is 230 g/mol. The van der Waals surface area contributed by atoms with E-state index in [0.717, 1.165) is 0 Å². The molecule has 84 valence electrons. The smallest absolute Gasteiger partial charge is 0.338 e. The molecule has 0 aliphatic carbocycles. The summed E-state index contributed by atoms with van der Waals surface area (Å²) < 4.78 is 15.0. The summed E-state index contributed by atoms with van der Waals surface area (Å²) in [5, 5.41) is 0. The number of nitrogens with one attached hydrogen (secondary N) is 1. The predicted octanol–water partition coefficient (Wildman–Crippen LogP) is 2.29. The van der Waals surface area contributed by atoms with Gasteiger partial charge in [0.25, 0.3) is 4.84 Å². The van der Waals surface area contributed by atoms with Gasteiger partial charge in [0.1, 0.15) is 0 Å². The van der Waals surface area contributed by atoms with E-state index in [4.69, 9.17) is 21.4 Å². The highest BCUT2D eigenvalue weighted by atomic mass is 32.1. The van der Waals surface area contributed by atoms with Gasteiger partial charge < -0.3 is 18.9 Å². The molecule has 0 saturated carbocycles. The molecule has 16 heavy (non-hydrogen) atoms. The number of rotatable bonds is 2. The van der Waals surface area contributed by atoms with Crippen LogP contribution in [0.25, 0.3) is 11.1 Å². The lowest BCUT2D eigenvalue weighted by molar-refractivity contribution is 0.0600. The molecule has 0 unspecified atom stereocenters. The number of carbonyl (C=O) groups excluding carboxylic acids is 1. The van der Waals surface area contributed by atoms with Crippen LogP contribution in [0.4, 0.5) is 0 Å². The zero-order valence-electron chi connectivity index (χ0n) is 8.70. The number of aromatic nitrogens is 1. The number of esters is 1. The number of ether oxygens (including phenoxy) is 2. The molecule has 0 radical (unpaired) electrons. The van der Waals surface area contributed by atoms with Gasteiger partial charge in [-0.1, -0.05) is 0 Å². The summed E-state index contributed by atoms with van der Waals surface area (Å²) in [5.41, 5.74) is 1.46. The van der Waals surface area contributed by atoms with Crippen LogP contribution in [0.1, 0.15) is 10.4 Å². The van der Waals surface area contributed by atoms with E-state index in [1.54, 1.807) is 12.1 Å². The van der Waals surface area contributed by atoms with E-state index < -0.39 is 5.97 Å². The molecule has 0 bridgehead atoms. The number of hydrogen-bond donors (Lipinski definition) is 1. The van der Waals surface area contributed by atoms with Crippen LogP contribution in [0.3, 0.4) is 0 Å². The van der Waals surface area contributed by atoms with Gasteiger partial charge in [0.2, 0.25) is 0 Å². The molecule has 0 amide bonds. The van der Waals surface area contributed by atoms with E-state index in [0.29, 0.717) is 22.4 Å². The summed E-state index contributed by atoms with van der Waals surface area (Å²) in [4.78, 5) is 14.4. The molecule has 2 rings (SSSR count). The third kappa shape index (κ3) is 1.67. The zero-order valence-corrected chi connectivity index (χ0v) is 9.51. The minimum atomic E-state index is -0.444. The number of fused-ring (bicyclic) bond motifs is 1. The van der Waals surface area contributed by atoms with Crippen molar-refractivity contribution < 1.29 is 18.7 Å². The number of methoxy groups -OCH3 is 2. The predicted molar refractivity (Wildman–Crippen MR) is 59.3 cm³/mol. The monoisotopic (exact) mass is 239 g/mol. The average Bonchev–Trinajstić information content (AvgIpc) is 2.66. The lowest BCUT2D eigenvalue weighted by atomic mass is 10.2. The first-order valence-corrected chi connectivity index (χ1v) is 4.85. The first kappa shape index (κ1) is 10.7. The second-order valence-electron chi connectivity index (χ2n) is 3.06. The largest absolute Gasteiger partial charge is 0.493 e. The van der Waals surface area contributed by atoms with Crippen molar-refractivity contribution in [3.05, 3.63) is 22.5 Å². The quantitative estimate of drug-likeness (QED) is 0.643. The third-order valence-corrected chi connectivity index (χ3v) is 2.31. The summed E-state index contributed by atoms with van der Waals surface area (Å²) in [7, 11) is 2.80. The molecule has 1 N–H and O–H groups in total. The Morgan fingerprint density at radius 3 is 2.81 bits per heavy atom. The summed E-state index contributed by atoms with van der Waals surface area (Å²) >= 11 is 4.86. The molecule has 1 aromatic heterocycles. The molecule has 0 aliphatic rings. The van der Waals surface area contributed by atoms with Gasteiger partial charge in [-0.25, -0.2) is 4.79 Å². The van der Waals surface area contributed by atoms with Gasteiger partial charge in [-0.05, 0) is 24.4 Å². The van der Waals surface area contributed by atoms with Gasteiger partial charge in [-0.3, -0.25) is 0 Å². The molecule has 0 aliphatic heterocycles. The second kappa shape index (κ2) is 3.97. The lowest BCUT2D eigenvalue weighted by Gasteiger charge is -2.03. The Labute approximate surface area is 96.0 Å². The van der Waals surface area contributed by atoms with Crippen LogP contribution in [-0.2, 0) is 4.74 Å². The summed E-state index contributed by atoms with van der Waals surface area (Å²) in [6.07, 6.45) is 0. The van der Waals surface area contributed by atoms with Gasteiger partial charge in [0.15, 0.2) is 11.3 Å². The maximum absolute atomic E-state index is 11.4. The first-order chi connectivity index (χ1) is 7.65. The average molecular weight is 239 g/mol. The highest BCUT2D eigenvalue weighted by Gasteiger charge is 2.13. The minimum absolute atomic E-state index is 0.232. The molecule has 2 aromatic rings. The number of hydrogen-bond acceptors (Lipinski definition) is 5. The maximum atomic E-state index is 11.4. The van der Waals surface area contributed by atoms with Gasteiger partial charge >= 0.3 is 5.97 Å². The van der Waals surface area contributed by atoms with Crippen LogP contribution in [0.15, 0.2) is 16.5 Å². The molecular formula is C10H9NO4S. The highest BCUT2D eigenvalue weighted by Crippen LogP contribution is 2.27. The Hall–Kier alpha value is -1.82. The molecule has 0 spiro atoms. The molecule has 6 heteroatoms. The fourth-order valence-corrected chi connectivity index (χ4v) is 1.61. The maximum Gasteiger partial charge on any atom is 0.338 e. The van der Waals surface area contributed by atoms with E-state index >= 15 is 0 Å². The number of H-pyrrole nitrogens is 1. The van der Waals surface area contributed by atoms with Crippen LogP contribution in [0.5, 0.6) is 5.75 Å². The van der Waals surface area contributed by atoms with E-state index in [1.165, 1.54) is 14.2 Å². The molecule has 5 nitrogen and oxygen atoms in total. The summed E-state index contributed by atoms with van der Waals surface area (Å²) in [6.45, 7) is 0. The van der Waals surface area contributed by atoms with Crippen LogP contribution in [0, 0.1) is 4.84 Å². The fourth-order valence-electron chi connectivity index (χ4n) is 1.42. The Morgan fingerprint density at radius 2 is 2.19 bits per heavy atom. The first-order valence-electron chi connectivity index (χ1n) is 4.45. The lowest BCUT2D eigenvalue weighted by Crippen LogP contribution is -2.01. The van der Waals surface area contributed by atoms with E-state index in [2.05, 4.69) is 9.72 Å².